The lowest BCUT2D eigenvalue weighted by molar-refractivity contribution is -0.143. The molecule has 1 atom stereocenters. The van der Waals surface area contributed by atoms with Gasteiger partial charge < -0.3 is 15.3 Å². The van der Waals surface area contributed by atoms with Crippen LogP contribution >= 0.6 is 35.0 Å². The van der Waals surface area contributed by atoms with Crippen molar-refractivity contribution in [1.82, 2.24) is 10.2 Å². The molecular formula is C20H24Cl2N2O4S. The average Bonchev–Trinajstić information content (AvgIpc) is 2.72. The summed E-state index contributed by atoms with van der Waals surface area (Å²) in [5.74, 6) is -1.76. The van der Waals surface area contributed by atoms with Crippen molar-refractivity contribution in [2.24, 2.45) is 5.92 Å². The molecule has 2 rings (SSSR count). The van der Waals surface area contributed by atoms with Crippen LogP contribution in [0.1, 0.15) is 31.7 Å². The van der Waals surface area contributed by atoms with Crippen LogP contribution in [0.3, 0.4) is 0 Å². The Hall–Kier alpha value is -1.70. The van der Waals surface area contributed by atoms with E-state index < -0.39 is 12.0 Å². The Morgan fingerprint density at radius 1 is 1.28 bits per heavy atom. The zero-order chi connectivity index (χ0) is 21.6. The first-order valence-corrected chi connectivity index (χ1v) is 11.3. The van der Waals surface area contributed by atoms with Crippen molar-refractivity contribution in [2.75, 3.05) is 19.3 Å². The lowest BCUT2D eigenvalue weighted by Crippen LogP contribution is -2.47. The van der Waals surface area contributed by atoms with E-state index in [4.69, 9.17) is 28.3 Å². The van der Waals surface area contributed by atoms with Crippen molar-refractivity contribution in [3.05, 3.63) is 33.8 Å². The fraction of sp³-hybridized carbons (Fsp3) is 0.450. The highest BCUT2D eigenvalue weighted by Gasteiger charge is 2.29. The summed E-state index contributed by atoms with van der Waals surface area (Å²) < 4.78 is 0. The van der Waals surface area contributed by atoms with Gasteiger partial charge in [0.1, 0.15) is 6.04 Å². The van der Waals surface area contributed by atoms with Crippen LogP contribution in [0.4, 0.5) is 0 Å². The molecule has 1 saturated heterocycles. The molecule has 0 saturated carbocycles. The van der Waals surface area contributed by atoms with Gasteiger partial charge in [-0.2, -0.15) is 0 Å². The molecule has 6 nitrogen and oxygen atoms in total. The third-order valence-corrected chi connectivity index (χ3v) is 6.69. The molecule has 1 aromatic rings. The molecule has 0 radical (unpaired) electrons. The number of carbonyl (C=O) groups is 3. The van der Waals surface area contributed by atoms with E-state index in [0.717, 1.165) is 4.90 Å². The number of likely N-dealkylation sites (tertiary alicyclic amines) is 1. The molecule has 158 valence electrons. The molecule has 0 aliphatic carbocycles. The number of thioether (sulfide) groups is 1. The van der Waals surface area contributed by atoms with E-state index in [1.54, 1.807) is 17.9 Å². The summed E-state index contributed by atoms with van der Waals surface area (Å²) in [6.07, 6.45) is 6.32. The van der Waals surface area contributed by atoms with E-state index in [0.29, 0.717) is 48.0 Å². The molecular weight excluding hydrogens is 435 g/mol. The quantitative estimate of drug-likeness (QED) is 0.477. The van der Waals surface area contributed by atoms with E-state index >= 15 is 0 Å². The van der Waals surface area contributed by atoms with E-state index in [-0.39, 0.29) is 17.7 Å². The number of hydrogen-bond donors (Lipinski definition) is 2. The highest BCUT2D eigenvalue weighted by Crippen LogP contribution is 2.35. The van der Waals surface area contributed by atoms with E-state index in [2.05, 4.69) is 5.32 Å². The Morgan fingerprint density at radius 2 is 1.93 bits per heavy atom. The van der Waals surface area contributed by atoms with Gasteiger partial charge in [-0.1, -0.05) is 36.2 Å². The molecule has 1 aliphatic heterocycles. The maximum atomic E-state index is 12.5. The van der Waals surface area contributed by atoms with Crippen molar-refractivity contribution in [3.8, 4) is 0 Å². The van der Waals surface area contributed by atoms with Crippen molar-refractivity contribution in [1.29, 1.82) is 0 Å². The van der Waals surface area contributed by atoms with Crippen LogP contribution in [0.5, 0.6) is 0 Å². The van der Waals surface area contributed by atoms with Gasteiger partial charge in [0.2, 0.25) is 11.8 Å². The molecule has 9 heteroatoms. The van der Waals surface area contributed by atoms with Crippen LogP contribution in [0.2, 0.25) is 10.0 Å². The van der Waals surface area contributed by atoms with Crippen LogP contribution in [-0.2, 0) is 14.4 Å². The number of rotatable bonds is 7. The summed E-state index contributed by atoms with van der Waals surface area (Å²) in [4.78, 5) is 38.3. The van der Waals surface area contributed by atoms with Gasteiger partial charge in [-0.25, -0.2) is 4.79 Å². The topological polar surface area (TPSA) is 86.7 Å². The number of nitrogens with zero attached hydrogens (tertiary/aromatic N) is 1. The Kier molecular flexibility index (Phi) is 8.86. The zero-order valence-corrected chi connectivity index (χ0v) is 18.6. The SMILES string of the molecule is CCC(NC(=O)C1CCN(C(=O)/C=C/c2ccc(SC)c(Cl)c2Cl)CC1)C(=O)O. The van der Waals surface area contributed by atoms with Crippen LogP contribution in [0.25, 0.3) is 6.08 Å². The van der Waals surface area contributed by atoms with E-state index in [1.807, 2.05) is 18.4 Å². The fourth-order valence-electron chi connectivity index (χ4n) is 3.09. The molecule has 29 heavy (non-hydrogen) atoms. The minimum Gasteiger partial charge on any atom is -0.480 e. The minimum atomic E-state index is -1.04. The Labute approximate surface area is 184 Å². The number of carbonyl (C=O) groups excluding carboxylic acids is 2. The first-order chi connectivity index (χ1) is 13.8. The molecule has 0 spiro atoms. The maximum Gasteiger partial charge on any atom is 0.326 e. The first kappa shape index (κ1) is 23.6. The van der Waals surface area contributed by atoms with Crippen LogP contribution in [0.15, 0.2) is 23.1 Å². The van der Waals surface area contributed by atoms with Gasteiger partial charge in [0.15, 0.2) is 0 Å². The minimum absolute atomic E-state index is 0.165. The van der Waals surface area contributed by atoms with E-state index in [1.165, 1.54) is 17.8 Å². The Morgan fingerprint density at radius 3 is 2.48 bits per heavy atom. The second-order valence-electron chi connectivity index (χ2n) is 6.73. The van der Waals surface area contributed by atoms with Crippen molar-refractivity contribution in [2.45, 2.75) is 37.1 Å². The highest BCUT2D eigenvalue weighted by atomic mass is 35.5. The number of hydrogen-bond acceptors (Lipinski definition) is 4. The third kappa shape index (κ3) is 6.14. The van der Waals surface area contributed by atoms with Crippen LogP contribution < -0.4 is 5.32 Å². The van der Waals surface area contributed by atoms with Crippen LogP contribution in [0, 0.1) is 5.92 Å². The number of aliphatic carboxylic acids is 1. The van der Waals surface area contributed by atoms with Gasteiger partial charge in [0, 0.05) is 30.0 Å². The van der Waals surface area contributed by atoms with Crippen molar-refractivity contribution < 1.29 is 19.5 Å². The zero-order valence-electron chi connectivity index (χ0n) is 16.3. The number of piperidine rings is 1. The summed E-state index contributed by atoms with van der Waals surface area (Å²) >= 11 is 14.0. The molecule has 0 aromatic heterocycles. The van der Waals surface area contributed by atoms with Gasteiger partial charge in [0.05, 0.1) is 10.0 Å². The summed E-state index contributed by atoms with van der Waals surface area (Å²) in [7, 11) is 0. The molecule has 1 aromatic carbocycles. The average molecular weight is 459 g/mol. The summed E-state index contributed by atoms with van der Waals surface area (Å²) in [5.41, 5.74) is 0.663. The molecule has 2 N–H and O–H groups in total. The lowest BCUT2D eigenvalue weighted by atomic mass is 9.95. The van der Waals surface area contributed by atoms with Gasteiger partial charge in [0.25, 0.3) is 0 Å². The fourth-order valence-corrected chi connectivity index (χ4v) is 4.26. The molecule has 1 unspecified atom stereocenters. The molecule has 1 heterocycles. The summed E-state index contributed by atoms with van der Waals surface area (Å²) in [6, 6.07) is 2.79. The number of nitrogens with one attached hydrogen (secondary N) is 1. The number of halogens is 2. The van der Waals surface area contributed by atoms with Gasteiger partial charge in [-0.3, -0.25) is 9.59 Å². The molecule has 0 bridgehead atoms. The summed E-state index contributed by atoms with van der Waals surface area (Å²) in [5, 5.41) is 12.5. The Bertz CT molecular complexity index is 808. The molecule has 1 aliphatic rings. The van der Waals surface area contributed by atoms with Crippen molar-refractivity contribution in [3.63, 3.8) is 0 Å². The number of carboxylic acid groups (broad SMARTS) is 1. The van der Waals surface area contributed by atoms with Gasteiger partial charge in [-0.15, -0.1) is 11.8 Å². The predicted octanol–water partition coefficient (Wildman–Crippen LogP) is 3.95. The largest absolute Gasteiger partial charge is 0.480 e. The normalized spacial score (nSPS) is 16.1. The smallest absolute Gasteiger partial charge is 0.326 e. The number of amides is 2. The van der Waals surface area contributed by atoms with Crippen LogP contribution in [-0.4, -0.2) is 53.2 Å². The predicted molar refractivity (Wildman–Crippen MR) is 116 cm³/mol. The highest BCUT2D eigenvalue weighted by molar-refractivity contribution is 7.98. The number of benzene rings is 1. The monoisotopic (exact) mass is 458 g/mol. The lowest BCUT2D eigenvalue weighted by Gasteiger charge is -2.31. The molecule has 2 amide bonds. The van der Waals surface area contributed by atoms with Gasteiger partial charge >= 0.3 is 5.97 Å². The van der Waals surface area contributed by atoms with Gasteiger partial charge in [-0.05, 0) is 43.2 Å². The van der Waals surface area contributed by atoms with Crippen molar-refractivity contribution >= 4 is 58.8 Å². The second kappa shape index (κ2) is 10.9. The first-order valence-electron chi connectivity index (χ1n) is 9.30. The summed E-state index contributed by atoms with van der Waals surface area (Å²) in [6.45, 7) is 2.58. The maximum absolute atomic E-state index is 12.5. The van der Waals surface area contributed by atoms with E-state index in [9.17, 15) is 14.4 Å². The second-order valence-corrected chi connectivity index (χ2v) is 8.33. The number of carboxylic acids is 1. The third-order valence-electron chi connectivity index (χ3n) is 4.90. The molecule has 1 fully saturated rings. The Balaban J connectivity index is 1.92. The standard InChI is InChI=1S/C20H24Cl2N2O4S/c1-3-14(20(27)28)23-19(26)13-8-10-24(11-9-13)16(25)7-5-12-4-6-15(29-2)18(22)17(12)21/h4-7,13-14H,3,8-11H2,1-2H3,(H,23,26)(H,27,28)/b7-5+.